The number of anilines is 1. The van der Waals surface area contributed by atoms with Crippen LogP contribution < -0.4 is 15.5 Å². The van der Waals surface area contributed by atoms with E-state index in [0.717, 1.165) is 17.5 Å². The number of rotatable bonds is 7. The average Bonchev–Trinajstić information content (AvgIpc) is 2.80. The van der Waals surface area contributed by atoms with Crippen LogP contribution in [0.1, 0.15) is 23.6 Å². The molecule has 0 aliphatic carbocycles. The number of carbonyl (C=O) groups is 2. The van der Waals surface area contributed by atoms with E-state index in [1.807, 2.05) is 19.1 Å². The molecule has 0 atom stereocenters. The summed E-state index contributed by atoms with van der Waals surface area (Å²) in [6, 6.07) is 20.3. The summed E-state index contributed by atoms with van der Waals surface area (Å²) in [5, 5.41) is 6.36. The molecule has 0 unspecified atom stereocenters. The van der Waals surface area contributed by atoms with E-state index in [9.17, 15) is 14.0 Å². The zero-order valence-electron chi connectivity index (χ0n) is 17.0. The SMILES string of the molecule is CCc1ccc(NC(=O)C(=O)N/N=C\c2ccccc2OCc2ccc(F)cc2)cc1. The van der Waals surface area contributed by atoms with Gasteiger partial charge in [-0.3, -0.25) is 9.59 Å². The van der Waals surface area contributed by atoms with Crippen LogP contribution in [0.15, 0.2) is 77.9 Å². The van der Waals surface area contributed by atoms with Crippen molar-refractivity contribution in [3.63, 3.8) is 0 Å². The van der Waals surface area contributed by atoms with Crippen LogP contribution in [0, 0.1) is 5.82 Å². The highest BCUT2D eigenvalue weighted by molar-refractivity contribution is 6.39. The topological polar surface area (TPSA) is 79.8 Å². The second-order valence-corrected chi connectivity index (χ2v) is 6.66. The number of hydrogen-bond donors (Lipinski definition) is 2. The lowest BCUT2D eigenvalue weighted by molar-refractivity contribution is -0.136. The molecule has 2 amide bonds. The van der Waals surface area contributed by atoms with Crippen LogP contribution in [0.3, 0.4) is 0 Å². The number of para-hydroxylation sites is 1. The summed E-state index contributed by atoms with van der Waals surface area (Å²) in [6.45, 7) is 2.28. The van der Waals surface area contributed by atoms with Gasteiger partial charge in [-0.15, -0.1) is 0 Å². The Kier molecular flexibility index (Phi) is 7.48. The number of carbonyl (C=O) groups excluding carboxylic acids is 2. The van der Waals surface area contributed by atoms with Crippen LogP contribution in [0.5, 0.6) is 5.75 Å². The molecule has 158 valence electrons. The third-order valence-electron chi connectivity index (χ3n) is 4.42. The standard InChI is InChI=1S/C24H22FN3O3/c1-2-17-9-13-21(14-10-17)27-23(29)24(30)28-26-15-19-5-3-4-6-22(19)31-16-18-7-11-20(25)12-8-18/h3-15H,2,16H2,1H3,(H,27,29)(H,28,30)/b26-15-. The van der Waals surface area contributed by atoms with E-state index in [2.05, 4.69) is 15.8 Å². The number of hydrazone groups is 1. The van der Waals surface area contributed by atoms with Gasteiger partial charge in [0.1, 0.15) is 18.2 Å². The number of amides is 2. The maximum Gasteiger partial charge on any atom is 0.329 e. The van der Waals surface area contributed by atoms with E-state index in [0.29, 0.717) is 17.0 Å². The molecule has 6 nitrogen and oxygen atoms in total. The first-order valence-electron chi connectivity index (χ1n) is 9.74. The van der Waals surface area contributed by atoms with Gasteiger partial charge in [-0.1, -0.05) is 43.3 Å². The molecular formula is C24H22FN3O3. The minimum atomic E-state index is -0.888. The molecule has 2 N–H and O–H groups in total. The fourth-order valence-corrected chi connectivity index (χ4v) is 2.68. The predicted octanol–water partition coefficient (Wildman–Crippen LogP) is 4.06. The van der Waals surface area contributed by atoms with E-state index in [1.165, 1.54) is 18.3 Å². The molecule has 0 aliphatic rings. The molecule has 0 fully saturated rings. The van der Waals surface area contributed by atoms with Gasteiger partial charge in [-0.2, -0.15) is 5.10 Å². The Labute approximate surface area is 179 Å². The number of hydrogen-bond acceptors (Lipinski definition) is 4. The predicted molar refractivity (Wildman–Crippen MR) is 117 cm³/mol. The van der Waals surface area contributed by atoms with Gasteiger partial charge in [0, 0.05) is 11.3 Å². The monoisotopic (exact) mass is 419 g/mol. The summed E-state index contributed by atoms with van der Waals surface area (Å²) in [6.07, 6.45) is 2.28. The average molecular weight is 419 g/mol. The summed E-state index contributed by atoms with van der Waals surface area (Å²) >= 11 is 0. The molecule has 0 saturated carbocycles. The third kappa shape index (κ3) is 6.50. The largest absolute Gasteiger partial charge is 0.488 e. The molecular weight excluding hydrogens is 397 g/mol. The van der Waals surface area contributed by atoms with Crippen LogP contribution in [0.4, 0.5) is 10.1 Å². The van der Waals surface area contributed by atoms with Crippen molar-refractivity contribution in [1.29, 1.82) is 0 Å². The first-order chi connectivity index (χ1) is 15.0. The van der Waals surface area contributed by atoms with Crippen LogP contribution in [-0.4, -0.2) is 18.0 Å². The molecule has 3 rings (SSSR count). The second-order valence-electron chi connectivity index (χ2n) is 6.66. The highest BCUT2D eigenvalue weighted by Crippen LogP contribution is 2.18. The Morgan fingerprint density at radius 2 is 1.61 bits per heavy atom. The minimum absolute atomic E-state index is 0.247. The molecule has 3 aromatic rings. The zero-order chi connectivity index (χ0) is 22.1. The van der Waals surface area contributed by atoms with Gasteiger partial charge >= 0.3 is 11.8 Å². The van der Waals surface area contributed by atoms with Gasteiger partial charge < -0.3 is 10.1 Å². The number of benzene rings is 3. The van der Waals surface area contributed by atoms with Crippen LogP contribution in [0.2, 0.25) is 0 Å². The number of aryl methyl sites for hydroxylation is 1. The smallest absolute Gasteiger partial charge is 0.329 e. The van der Waals surface area contributed by atoms with Crippen LogP contribution in [0.25, 0.3) is 0 Å². The van der Waals surface area contributed by atoms with Gasteiger partial charge in [0.25, 0.3) is 0 Å². The summed E-state index contributed by atoms with van der Waals surface area (Å²) in [4.78, 5) is 24.0. The summed E-state index contributed by atoms with van der Waals surface area (Å²) in [5.41, 5.74) is 5.28. The van der Waals surface area contributed by atoms with Crippen molar-refractivity contribution in [3.8, 4) is 5.75 Å². The summed E-state index contributed by atoms with van der Waals surface area (Å²) in [7, 11) is 0. The molecule has 0 heterocycles. The lowest BCUT2D eigenvalue weighted by atomic mass is 10.1. The summed E-state index contributed by atoms with van der Waals surface area (Å²) in [5.74, 6) is -1.48. The Bertz CT molecular complexity index is 1060. The van der Waals surface area contributed by atoms with E-state index in [-0.39, 0.29) is 12.4 Å². The summed E-state index contributed by atoms with van der Waals surface area (Å²) < 4.78 is 18.8. The first kappa shape index (κ1) is 21.7. The van der Waals surface area contributed by atoms with Crippen molar-refractivity contribution in [1.82, 2.24) is 5.43 Å². The fraction of sp³-hybridized carbons (Fsp3) is 0.125. The van der Waals surface area contributed by atoms with Crippen molar-refractivity contribution in [2.24, 2.45) is 5.10 Å². The minimum Gasteiger partial charge on any atom is -0.488 e. The molecule has 31 heavy (non-hydrogen) atoms. The van der Waals surface area contributed by atoms with E-state index < -0.39 is 11.8 Å². The highest BCUT2D eigenvalue weighted by atomic mass is 19.1. The molecule has 0 bridgehead atoms. The number of nitrogens with one attached hydrogen (secondary N) is 2. The van der Waals surface area contributed by atoms with E-state index in [4.69, 9.17) is 4.74 Å². The molecule has 0 spiro atoms. The van der Waals surface area contributed by atoms with Crippen molar-refractivity contribution in [2.45, 2.75) is 20.0 Å². The van der Waals surface area contributed by atoms with Gasteiger partial charge in [0.05, 0.1) is 6.21 Å². The normalized spacial score (nSPS) is 10.6. The Morgan fingerprint density at radius 3 is 2.32 bits per heavy atom. The Balaban J connectivity index is 1.55. The number of halogens is 1. The van der Waals surface area contributed by atoms with Crippen molar-refractivity contribution >= 4 is 23.7 Å². The Morgan fingerprint density at radius 1 is 0.935 bits per heavy atom. The molecule has 0 aliphatic heterocycles. The van der Waals surface area contributed by atoms with E-state index >= 15 is 0 Å². The maximum absolute atomic E-state index is 13.0. The zero-order valence-corrected chi connectivity index (χ0v) is 17.0. The van der Waals surface area contributed by atoms with Crippen molar-refractivity contribution < 1.29 is 18.7 Å². The fourth-order valence-electron chi connectivity index (χ4n) is 2.68. The molecule has 3 aromatic carbocycles. The molecule has 0 aromatic heterocycles. The van der Waals surface area contributed by atoms with Crippen LogP contribution >= 0.6 is 0 Å². The Hall–Kier alpha value is -4.00. The second kappa shape index (κ2) is 10.7. The van der Waals surface area contributed by atoms with Crippen molar-refractivity contribution in [3.05, 3.63) is 95.3 Å². The lowest BCUT2D eigenvalue weighted by Crippen LogP contribution is -2.32. The van der Waals surface area contributed by atoms with Gasteiger partial charge in [0.15, 0.2) is 0 Å². The number of nitrogens with zero attached hydrogens (tertiary/aromatic N) is 1. The quantitative estimate of drug-likeness (QED) is 0.344. The molecule has 0 saturated heterocycles. The maximum atomic E-state index is 13.0. The third-order valence-corrected chi connectivity index (χ3v) is 4.42. The first-order valence-corrected chi connectivity index (χ1v) is 9.74. The number of ether oxygens (including phenoxy) is 1. The van der Waals surface area contributed by atoms with Crippen molar-refractivity contribution in [2.75, 3.05) is 5.32 Å². The molecule has 7 heteroatoms. The lowest BCUT2D eigenvalue weighted by Gasteiger charge is -2.09. The van der Waals surface area contributed by atoms with E-state index in [1.54, 1.807) is 48.5 Å². The van der Waals surface area contributed by atoms with Gasteiger partial charge in [-0.05, 0) is 53.9 Å². The van der Waals surface area contributed by atoms with Gasteiger partial charge in [-0.25, -0.2) is 9.82 Å². The molecule has 0 radical (unpaired) electrons. The van der Waals surface area contributed by atoms with Gasteiger partial charge in [0.2, 0.25) is 0 Å². The van der Waals surface area contributed by atoms with Crippen LogP contribution in [-0.2, 0) is 22.6 Å². The highest BCUT2D eigenvalue weighted by Gasteiger charge is 2.13.